The summed E-state index contributed by atoms with van der Waals surface area (Å²) in [5.74, 6) is 0.643. The van der Waals surface area contributed by atoms with E-state index in [1.54, 1.807) is 49.6 Å². The van der Waals surface area contributed by atoms with Crippen LogP contribution in [0.4, 0.5) is 11.4 Å². The zero-order valence-electron chi connectivity index (χ0n) is 18.1. The Morgan fingerprint density at radius 1 is 0.909 bits per heavy atom. The van der Waals surface area contributed by atoms with Crippen molar-refractivity contribution in [2.75, 3.05) is 24.9 Å². The lowest BCUT2D eigenvalue weighted by Crippen LogP contribution is -2.22. The van der Waals surface area contributed by atoms with E-state index in [9.17, 15) is 9.59 Å². The summed E-state index contributed by atoms with van der Waals surface area (Å²) in [7, 11) is 3.10. The molecule has 3 rings (SSSR count). The molecule has 0 fully saturated rings. The molecule has 0 heterocycles. The molecule has 0 radical (unpaired) electrons. The molecule has 2 N–H and O–H groups in total. The maximum absolute atomic E-state index is 12.7. The Morgan fingerprint density at radius 3 is 2.27 bits per heavy atom. The summed E-state index contributed by atoms with van der Waals surface area (Å²) in [6.07, 6.45) is 0. The third kappa shape index (κ3) is 6.57. The first-order valence-electron chi connectivity index (χ1n) is 9.86. The van der Waals surface area contributed by atoms with Gasteiger partial charge in [-0.25, -0.2) is 0 Å². The van der Waals surface area contributed by atoms with Crippen LogP contribution < -0.4 is 20.1 Å². The van der Waals surface area contributed by atoms with Crippen LogP contribution >= 0.6 is 35.0 Å². The molecule has 0 aromatic heterocycles. The smallest absolute Gasteiger partial charge is 0.257 e. The summed E-state index contributed by atoms with van der Waals surface area (Å²) in [5.41, 5.74) is 1.47. The number of carbonyl (C=O) groups excluding carboxylic acids is 2. The Labute approximate surface area is 206 Å². The number of benzene rings is 3. The molecular weight excluding hydrogens is 483 g/mol. The SMILES string of the molecule is COc1ccc(OC)c(NC(=O)C(C)Sc2ccc(NC(=O)c3ccc(Cl)cc3Cl)cc2)c1. The van der Waals surface area contributed by atoms with Gasteiger partial charge in [-0.2, -0.15) is 0 Å². The summed E-state index contributed by atoms with van der Waals surface area (Å²) in [6.45, 7) is 1.81. The molecule has 172 valence electrons. The van der Waals surface area contributed by atoms with E-state index in [0.29, 0.717) is 33.5 Å². The van der Waals surface area contributed by atoms with E-state index in [0.717, 1.165) is 4.90 Å². The van der Waals surface area contributed by atoms with Crippen molar-refractivity contribution in [2.45, 2.75) is 17.1 Å². The van der Waals surface area contributed by atoms with Crippen molar-refractivity contribution < 1.29 is 19.1 Å². The lowest BCUT2D eigenvalue weighted by atomic mass is 10.2. The quantitative estimate of drug-likeness (QED) is 0.348. The van der Waals surface area contributed by atoms with E-state index in [4.69, 9.17) is 32.7 Å². The zero-order chi connectivity index (χ0) is 24.0. The van der Waals surface area contributed by atoms with Crippen molar-refractivity contribution in [3.63, 3.8) is 0 Å². The molecule has 3 aromatic carbocycles. The van der Waals surface area contributed by atoms with E-state index in [1.807, 2.05) is 19.1 Å². The van der Waals surface area contributed by atoms with Gasteiger partial charge in [-0.1, -0.05) is 23.2 Å². The fourth-order valence-corrected chi connectivity index (χ4v) is 4.25. The maximum Gasteiger partial charge on any atom is 0.257 e. The molecule has 0 saturated heterocycles. The fourth-order valence-electron chi connectivity index (χ4n) is 2.89. The van der Waals surface area contributed by atoms with Crippen molar-refractivity contribution in [1.82, 2.24) is 0 Å². The van der Waals surface area contributed by atoms with E-state index in [1.165, 1.54) is 24.9 Å². The first-order valence-corrected chi connectivity index (χ1v) is 11.5. The predicted octanol–water partition coefficient (Wildman–Crippen LogP) is 6.38. The van der Waals surface area contributed by atoms with Gasteiger partial charge >= 0.3 is 0 Å². The molecule has 0 saturated carbocycles. The Kier molecular flexibility index (Phi) is 8.49. The fraction of sp³-hybridized carbons (Fsp3) is 0.167. The molecule has 6 nitrogen and oxygen atoms in total. The number of amides is 2. The van der Waals surface area contributed by atoms with Crippen LogP contribution in [0.15, 0.2) is 65.6 Å². The van der Waals surface area contributed by atoms with Gasteiger partial charge in [0, 0.05) is 21.7 Å². The third-order valence-electron chi connectivity index (χ3n) is 4.63. The van der Waals surface area contributed by atoms with Gasteiger partial charge in [0.05, 0.1) is 35.7 Å². The van der Waals surface area contributed by atoms with Gasteiger partial charge < -0.3 is 20.1 Å². The Bertz CT molecular complexity index is 1160. The van der Waals surface area contributed by atoms with Crippen LogP contribution in [-0.4, -0.2) is 31.3 Å². The summed E-state index contributed by atoms with van der Waals surface area (Å²) >= 11 is 13.4. The van der Waals surface area contributed by atoms with Crippen LogP contribution in [-0.2, 0) is 4.79 Å². The van der Waals surface area contributed by atoms with Crippen LogP contribution in [0.1, 0.15) is 17.3 Å². The molecule has 0 aliphatic rings. The number of rotatable bonds is 8. The largest absolute Gasteiger partial charge is 0.497 e. The molecule has 0 spiro atoms. The third-order valence-corrected chi connectivity index (χ3v) is 6.29. The molecule has 0 aliphatic carbocycles. The van der Waals surface area contributed by atoms with Crippen molar-refractivity contribution in [3.05, 3.63) is 76.3 Å². The van der Waals surface area contributed by atoms with Gasteiger partial charge in [0.15, 0.2) is 0 Å². The van der Waals surface area contributed by atoms with Crippen molar-refractivity contribution in [3.8, 4) is 11.5 Å². The number of methoxy groups -OCH3 is 2. The molecule has 2 amide bonds. The highest BCUT2D eigenvalue weighted by Crippen LogP contribution is 2.31. The van der Waals surface area contributed by atoms with Crippen LogP contribution in [0, 0.1) is 0 Å². The van der Waals surface area contributed by atoms with E-state index >= 15 is 0 Å². The lowest BCUT2D eigenvalue weighted by molar-refractivity contribution is -0.115. The van der Waals surface area contributed by atoms with E-state index in [-0.39, 0.29) is 22.1 Å². The Hall–Kier alpha value is -2.87. The summed E-state index contributed by atoms with van der Waals surface area (Å²) < 4.78 is 10.5. The average molecular weight is 505 g/mol. The topological polar surface area (TPSA) is 76.7 Å². The number of carbonyl (C=O) groups is 2. The Morgan fingerprint density at radius 2 is 1.64 bits per heavy atom. The number of anilines is 2. The van der Waals surface area contributed by atoms with Crippen molar-refractivity contribution >= 4 is 58.2 Å². The first kappa shape index (κ1) is 24.8. The normalized spacial score (nSPS) is 11.4. The predicted molar refractivity (Wildman–Crippen MR) is 134 cm³/mol. The van der Waals surface area contributed by atoms with E-state index < -0.39 is 0 Å². The van der Waals surface area contributed by atoms with Gasteiger partial charge in [-0.3, -0.25) is 9.59 Å². The number of ether oxygens (including phenoxy) is 2. The van der Waals surface area contributed by atoms with Gasteiger partial charge in [0.2, 0.25) is 5.91 Å². The van der Waals surface area contributed by atoms with Gasteiger partial charge in [0.25, 0.3) is 5.91 Å². The van der Waals surface area contributed by atoms with Gasteiger partial charge in [-0.05, 0) is 61.5 Å². The maximum atomic E-state index is 12.7. The average Bonchev–Trinajstić information content (AvgIpc) is 2.80. The summed E-state index contributed by atoms with van der Waals surface area (Å²) in [5, 5.41) is 6.03. The van der Waals surface area contributed by atoms with Crippen molar-refractivity contribution in [1.29, 1.82) is 0 Å². The number of hydrogen-bond donors (Lipinski definition) is 2. The highest BCUT2D eigenvalue weighted by molar-refractivity contribution is 8.00. The molecule has 0 aliphatic heterocycles. The molecule has 1 unspecified atom stereocenters. The number of hydrogen-bond acceptors (Lipinski definition) is 5. The first-order chi connectivity index (χ1) is 15.8. The van der Waals surface area contributed by atoms with Crippen LogP contribution in [0.2, 0.25) is 10.0 Å². The molecule has 1 atom stereocenters. The van der Waals surface area contributed by atoms with Crippen molar-refractivity contribution in [2.24, 2.45) is 0 Å². The second kappa shape index (κ2) is 11.3. The minimum Gasteiger partial charge on any atom is -0.497 e. The Balaban J connectivity index is 1.61. The zero-order valence-corrected chi connectivity index (χ0v) is 20.5. The molecule has 3 aromatic rings. The van der Waals surface area contributed by atoms with Gasteiger partial charge in [-0.15, -0.1) is 11.8 Å². The lowest BCUT2D eigenvalue weighted by Gasteiger charge is -2.15. The molecule has 9 heteroatoms. The molecule has 0 bridgehead atoms. The number of halogens is 2. The molecular formula is C24H22Cl2N2O4S. The highest BCUT2D eigenvalue weighted by Gasteiger charge is 2.17. The van der Waals surface area contributed by atoms with Gasteiger partial charge in [0.1, 0.15) is 11.5 Å². The van der Waals surface area contributed by atoms with Crippen LogP contribution in [0.25, 0.3) is 0 Å². The summed E-state index contributed by atoms with van der Waals surface area (Å²) in [6, 6.07) is 17.1. The van der Waals surface area contributed by atoms with Crippen LogP contribution in [0.5, 0.6) is 11.5 Å². The summed E-state index contributed by atoms with van der Waals surface area (Å²) in [4.78, 5) is 26.0. The monoisotopic (exact) mass is 504 g/mol. The highest BCUT2D eigenvalue weighted by atomic mass is 35.5. The van der Waals surface area contributed by atoms with E-state index in [2.05, 4.69) is 10.6 Å². The standard InChI is InChI=1S/C24H22Cl2N2O4S/c1-14(23(29)28-21-13-17(31-2)7-11-22(21)32-3)33-18-8-5-16(6-9-18)27-24(30)19-10-4-15(25)12-20(19)26/h4-14H,1-3H3,(H,27,30)(H,28,29). The minimum atomic E-state index is -0.380. The second-order valence-electron chi connectivity index (χ2n) is 6.92. The number of nitrogens with one attached hydrogen (secondary N) is 2. The van der Waals surface area contributed by atoms with Crippen LogP contribution in [0.3, 0.4) is 0 Å². The molecule has 33 heavy (non-hydrogen) atoms. The number of thioether (sulfide) groups is 1. The minimum absolute atomic E-state index is 0.179. The second-order valence-corrected chi connectivity index (χ2v) is 9.18.